The van der Waals surface area contributed by atoms with Crippen molar-refractivity contribution >= 4 is 5.97 Å². The number of ether oxygens (including phenoxy) is 2. The molecule has 0 radical (unpaired) electrons. The molecule has 3 aromatic carbocycles. The fourth-order valence-corrected chi connectivity index (χ4v) is 2.86. The first-order valence-corrected chi connectivity index (χ1v) is 8.06. The Hall–Kier alpha value is -3.71. The zero-order valence-corrected chi connectivity index (χ0v) is 13.7. The molecular formula is C22H14O4. The highest BCUT2D eigenvalue weighted by Gasteiger charge is 2.19. The van der Waals surface area contributed by atoms with Crippen LogP contribution in [0, 0.1) is 11.8 Å². The Bertz CT molecular complexity index is 1040. The third kappa shape index (κ3) is 2.99. The fraction of sp³-hybridized carbons (Fsp3) is 0.0455. The number of aromatic carboxylic acids is 1. The van der Waals surface area contributed by atoms with Crippen molar-refractivity contribution in [1.29, 1.82) is 0 Å². The molecule has 0 atom stereocenters. The summed E-state index contributed by atoms with van der Waals surface area (Å²) in [7, 11) is 0. The number of benzene rings is 3. The zero-order chi connectivity index (χ0) is 17.9. The van der Waals surface area contributed by atoms with Crippen molar-refractivity contribution in [3.63, 3.8) is 0 Å². The predicted molar refractivity (Wildman–Crippen MR) is 97.4 cm³/mol. The van der Waals surface area contributed by atoms with E-state index in [1.165, 1.54) is 0 Å². The molecule has 1 aliphatic heterocycles. The summed E-state index contributed by atoms with van der Waals surface area (Å²) in [4.78, 5) is 11.8. The number of hydrogen-bond donors (Lipinski definition) is 1. The van der Waals surface area contributed by atoms with Crippen LogP contribution in [0.4, 0.5) is 0 Å². The minimum atomic E-state index is -0.999. The number of hydrogen-bond acceptors (Lipinski definition) is 3. The topological polar surface area (TPSA) is 55.8 Å². The molecule has 0 spiro atoms. The third-order valence-corrected chi connectivity index (χ3v) is 4.07. The van der Waals surface area contributed by atoms with E-state index in [9.17, 15) is 9.90 Å². The van der Waals surface area contributed by atoms with Crippen molar-refractivity contribution in [1.82, 2.24) is 0 Å². The molecule has 4 heteroatoms. The summed E-state index contributed by atoms with van der Waals surface area (Å²) >= 11 is 0. The summed E-state index contributed by atoms with van der Waals surface area (Å²) < 4.78 is 10.8. The summed E-state index contributed by atoms with van der Waals surface area (Å²) in [5.74, 6) is 6.45. The van der Waals surface area contributed by atoms with Gasteiger partial charge in [-0.25, -0.2) is 4.79 Å². The van der Waals surface area contributed by atoms with Crippen molar-refractivity contribution < 1.29 is 19.4 Å². The molecule has 0 bridgehead atoms. The summed E-state index contributed by atoms with van der Waals surface area (Å²) in [6.45, 7) is 0.167. The first kappa shape index (κ1) is 15.8. The summed E-state index contributed by atoms with van der Waals surface area (Å²) in [5, 5.41) is 9.63. The van der Waals surface area contributed by atoms with Gasteiger partial charge in [0.1, 0.15) is 0 Å². The smallest absolute Gasteiger partial charge is 0.336 e. The second-order valence-corrected chi connectivity index (χ2v) is 5.72. The molecule has 3 aromatic rings. The Balaban J connectivity index is 1.87. The Kier molecular flexibility index (Phi) is 4.04. The number of carboxylic acids is 1. The molecule has 0 saturated heterocycles. The van der Waals surface area contributed by atoms with Gasteiger partial charge in [-0.2, -0.15) is 0 Å². The minimum absolute atomic E-state index is 0.167. The lowest BCUT2D eigenvalue weighted by atomic mass is 9.94. The van der Waals surface area contributed by atoms with Gasteiger partial charge in [-0.1, -0.05) is 42.2 Å². The molecule has 0 saturated carbocycles. The van der Waals surface area contributed by atoms with E-state index in [0.717, 1.165) is 11.1 Å². The third-order valence-electron chi connectivity index (χ3n) is 4.07. The van der Waals surface area contributed by atoms with Gasteiger partial charge in [-0.3, -0.25) is 0 Å². The maximum atomic E-state index is 11.8. The van der Waals surface area contributed by atoms with E-state index >= 15 is 0 Å². The first-order chi connectivity index (χ1) is 12.7. The van der Waals surface area contributed by atoms with Crippen LogP contribution in [0.15, 0.2) is 66.7 Å². The van der Waals surface area contributed by atoms with E-state index in [-0.39, 0.29) is 12.4 Å². The van der Waals surface area contributed by atoms with Crippen molar-refractivity contribution in [2.45, 2.75) is 0 Å². The van der Waals surface area contributed by atoms with E-state index < -0.39 is 5.97 Å². The number of carboxylic acid groups (broad SMARTS) is 1. The predicted octanol–water partition coefficient (Wildman–Crippen LogP) is 4.18. The van der Waals surface area contributed by atoms with Crippen molar-refractivity contribution in [3.8, 4) is 34.5 Å². The fourth-order valence-electron chi connectivity index (χ4n) is 2.86. The lowest BCUT2D eigenvalue weighted by Crippen LogP contribution is -2.01. The highest BCUT2D eigenvalue weighted by Crippen LogP contribution is 2.38. The van der Waals surface area contributed by atoms with Gasteiger partial charge in [0.05, 0.1) is 5.56 Å². The van der Waals surface area contributed by atoms with Crippen molar-refractivity contribution in [2.75, 3.05) is 6.79 Å². The van der Waals surface area contributed by atoms with Crippen LogP contribution >= 0.6 is 0 Å². The molecule has 0 fully saturated rings. The highest BCUT2D eigenvalue weighted by atomic mass is 16.7. The lowest BCUT2D eigenvalue weighted by Gasteiger charge is -2.10. The standard InChI is InChI=1S/C22H14O4/c23-22(24)18-8-4-7-16(10-9-15-5-2-1-3-6-15)21(18)17-11-12-19-20(13-17)26-14-25-19/h1-8,11-13H,14H2,(H,23,24). The van der Waals surface area contributed by atoms with Crippen LogP contribution in [0.2, 0.25) is 0 Å². The average molecular weight is 342 g/mol. The summed E-state index contributed by atoms with van der Waals surface area (Å²) in [6.07, 6.45) is 0. The van der Waals surface area contributed by atoms with Crippen LogP contribution in [-0.4, -0.2) is 17.9 Å². The van der Waals surface area contributed by atoms with Gasteiger partial charge in [0.25, 0.3) is 0 Å². The normalized spacial score (nSPS) is 11.5. The summed E-state index contributed by atoms with van der Waals surface area (Å²) in [5.41, 5.74) is 3.01. The van der Waals surface area contributed by atoms with Gasteiger partial charge in [0, 0.05) is 16.7 Å². The molecule has 4 rings (SSSR count). The van der Waals surface area contributed by atoms with E-state index in [1.807, 2.05) is 42.5 Å². The molecule has 0 unspecified atom stereocenters. The molecule has 1 N–H and O–H groups in total. The second-order valence-electron chi connectivity index (χ2n) is 5.72. The average Bonchev–Trinajstić information content (AvgIpc) is 3.14. The second kappa shape index (κ2) is 6.66. The SMILES string of the molecule is O=C(O)c1cccc(C#Cc2ccccc2)c1-c1ccc2c(c1)OCO2. The van der Waals surface area contributed by atoms with Crippen LogP contribution in [0.5, 0.6) is 11.5 Å². The first-order valence-electron chi connectivity index (χ1n) is 8.06. The van der Waals surface area contributed by atoms with Gasteiger partial charge >= 0.3 is 5.97 Å². The van der Waals surface area contributed by atoms with E-state index in [4.69, 9.17) is 9.47 Å². The number of fused-ring (bicyclic) bond motifs is 1. The lowest BCUT2D eigenvalue weighted by molar-refractivity contribution is 0.0697. The molecular weight excluding hydrogens is 328 g/mol. The minimum Gasteiger partial charge on any atom is -0.478 e. The Morgan fingerprint density at radius 2 is 1.69 bits per heavy atom. The van der Waals surface area contributed by atoms with Crippen molar-refractivity contribution in [2.24, 2.45) is 0 Å². The molecule has 0 amide bonds. The highest BCUT2D eigenvalue weighted by molar-refractivity contribution is 5.98. The molecule has 1 heterocycles. The molecule has 0 aromatic heterocycles. The largest absolute Gasteiger partial charge is 0.478 e. The van der Waals surface area contributed by atoms with Crippen LogP contribution in [0.3, 0.4) is 0 Å². The maximum absolute atomic E-state index is 11.8. The van der Waals surface area contributed by atoms with Crippen molar-refractivity contribution in [3.05, 3.63) is 83.4 Å². The number of carbonyl (C=O) groups is 1. The Labute approximate surface area is 150 Å². The van der Waals surface area contributed by atoms with Crippen LogP contribution in [0.25, 0.3) is 11.1 Å². The summed E-state index contributed by atoms with van der Waals surface area (Å²) in [6, 6.07) is 20.1. The molecule has 26 heavy (non-hydrogen) atoms. The quantitative estimate of drug-likeness (QED) is 0.710. The zero-order valence-electron chi connectivity index (χ0n) is 13.7. The Morgan fingerprint density at radius 3 is 2.50 bits per heavy atom. The van der Waals surface area contributed by atoms with Gasteiger partial charge in [0.15, 0.2) is 11.5 Å². The monoisotopic (exact) mass is 342 g/mol. The van der Waals surface area contributed by atoms with E-state index in [0.29, 0.717) is 22.6 Å². The molecule has 0 aliphatic carbocycles. The van der Waals surface area contributed by atoms with Gasteiger partial charge < -0.3 is 14.6 Å². The van der Waals surface area contributed by atoms with Gasteiger partial charge in [-0.15, -0.1) is 0 Å². The number of rotatable bonds is 2. The maximum Gasteiger partial charge on any atom is 0.336 e. The molecule has 126 valence electrons. The van der Waals surface area contributed by atoms with Crippen LogP contribution in [0.1, 0.15) is 21.5 Å². The molecule has 1 aliphatic rings. The van der Waals surface area contributed by atoms with E-state index in [1.54, 1.807) is 24.3 Å². The molecule has 4 nitrogen and oxygen atoms in total. The van der Waals surface area contributed by atoms with Crippen LogP contribution < -0.4 is 9.47 Å². The van der Waals surface area contributed by atoms with E-state index in [2.05, 4.69) is 11.8 Å². The Morgan fingerprint density at radius 1 is 0.885 bits per heavy atom. The van der Waals surface area contributed by atoms with Gasteiger partial charge in [0.2, 0.25) is 6.79 Å². The van der Waals surface area contributed by atoms with Crippen LogP contribution in [-0.2, 0) is 0 Å². The van der Waals surface area contributed by atoms with Gasteiger partial charge in [-0.05, 0) is 42.0 Å².